The first-order chi connectivity index (χ1) is 12.9. The van der Waals surface area contributed by atoms with E-state index in [0.717, 1.165) is 6.08 Å². The van der Waals surface area contributed by atoms with Crippen molar-refractivity contribution in [2.75, 3.05) is 0 Å². The zero-order valence-electron chi connectivity index (χ0n) is 14.5. The van der Waals surface area contributed by atoms with Gasteiger partial charge in [-0.05, 0) is 42.8 Å². The summed E-state index contributed by atoms with van der Waals surface area (Å²) in [6, 6.07) is 14.3. The molecule has 0 saturated carbocycles. The largest absolute Gasteiger partial charge is 0.423 e. The molecule has 6 nitrogen and oxygen atoms in total. The minimum Gasteiger partial charge on any atom is -0.423 e. The van der Waals surface area contributed by atoms with Crippen LogP contribution in [0, 0.1) is 11.3 Å². The maximum atomic E-state index is 12.6. The van der Waals surface area contributed by atoms with Gasteiger partial charge in [0.25, 0.3) is 0 Å². The Morgan fingerprint density at radius 3 is 2.33 bits per heavy atom. The number of carbonyl (C=O) groups excluding carboxylic acids is 3. The van der Waals surface area contributed by atoms with Crippen molar-refractivity contribution in [3.63, 3.8) is 0 Å². The highest BCUT2D eigenvalue weighted by molar-refractivity contribution is 6.04. The molecule has 0 bridgehead atoms. The van der Waals surface area contributed by atoms with Crippen molar-refractivity contribution in [2.45, 2.75) is 6.92 Å². The summed E-state index contributed by atoms with van der Waals surface area (Å²) in [6.07, 6.45) is 2.27. The molecular weight excluding hydrogens is 346 g/mol. The molecule has 2 rings (SSSR count). The first-order valence-corrected chi connectivity index (χ1v) is 7.83. The minimum absolute atomic E-state index is 0.0298. The second kappa shape index (κ2) is 8.92. The Labute approximate surface area is 155 Å². The molecule has 2 aromatic carbocycles. The predicted molar refractivity (Wildman–Crippen MR) is 97.9 cm³/mol. The van der Waals surface area contributed by atoms with Crippen LogP contribution in [-0.4, -0.2) is 17.7 Å². The Kier molecular flexibility index (Phi) is 6.39. The number of carbonyl (C=O) groups is 3. The molecule has 6 heteroatoms. The van der Waals surface area contributed by atoms with E-state index in [-0.39, 0.29) is 22.4 Å². The highest BCUT2D eigenvalue weighted by Crippen LogP contribution is 2.23. The molecule has 0 radical (unpaired) electrons. The van der Waals surface area contributed by atoms with Gasteiger partial charge in [-0.3, -0.25) is 4.79 Å². The summed E-state index contributed by atoms with van der Waals surface area (Å²) in [4.78, 5) is 35.5. The van der Waals surface area contributed by atoms with E-state index < -0.39 is 17.7 Å². The fraction of sp³-hybridized carbons (Fsp3) is 0.0476. The van der Waals surface area contributed by atoms with Crippen molar-refractivity contribution in [1.82, 2.24) is 0 Å². The number of hydrogen-bond acceptors (Lipinski definition) is 6. The third-order valence-electron chi connectivity index (χ3n) is 3.38. The number of hydrogen-bond donors (Lipinski definition) is 0. The summed E-state index contributed by atoms with van der Waals surface area (Å²) in [7, 11) is 0. The second-order valence-electron chi connectivity index (χ2n) is 5.30. The quantitative estimate of drug-likeness (QED) is 0.338. The summed E-state index contributed by atoms with van der Waals surface area (Å²) in [5.74, 6) is -1.45. The molecule has 0 unspecified atom stereocenters. The van der Waals surface area contributed by atoms with Gasteiger partial charge in [-0.2, -0.15) is 5.26 Å². The number of Topliss-reactive ketones (excluding diaryl/α,β-unsaturated/α-hetero) is 1. The molecule has 0 saturated heterocycles. The van der Waals surface area contributed by atoms with E-state index in [1.165, 1.54) is 31.2 Å². The van der Waals surface area contributed by atoms with Gasteiger partial charge in [-0.1, -0.05) is 30.8 Å². The van der Waals surface area contributed by atoms with Gasteiger partial charge in [0.05, 0.1) is 11.1 Å². The van der Waals surface area contributed by atoms with Crippen molar-refractivity contribution >= 4 is 23.8 Å². The fourth-order valence-electron chi connectivity index (χ4n) is 2.08. The van der Waals surface area contributed by atoms with E-state index in [0.29, 0.717) is 5.75 Å². The third-order valence-corrected chi connectivity index (χ3v) is 3.38. The van der Waals surface area contributed by atoms with Crippen LogP contribution in [0.1, 0.15) is 22.8 Å². The first kappa shape index (κ1) is 19.3. The van der Waals surface area contributed by atoms with Crippen molar-refractivity contribution in [1.29, 1.82) is 5.26 Å². The van der Waals surface area contributed by atoms with Crippen LogP contribution in [0.25, 0.3) is 6.08 Å². The normalized spacial score (nSPS) is 10.4. The smallest absolute Gasteiger partial charge is 0.344 e. The number of esters is 2. The van der Waals surface area contributed by atoms with E-state index in [1.807, 2.05) is 0 Å². The summed E-state index contributed by atoms with van der Waals surface area (Å²) in [6.45, 7) is 4.56. The van der Waals surface area contributed by atoms with Crippen LogP contribution in [0.2, 0.25) is 0 Å². The Morgan fingerprint density at radius 2 is 1.74 bits per heavy atom. The molecule has 0 atom stereocenters. The summed E-state index contributed by atoms with van der Waals surface area (Å²) < 4.78 is 10.3. The topological polar surface area (TPSA) is 93.5 Å². The van der Waals surface area contributed by atoms with E-state index in [4.69, 9.17) is 14.7 Å². The van der Waals surface area contributed by atoms with Crippen LogP contribution in [-0.2, 0) is 9.59 Å². The molecule has 0 N–H and O–H groups in total. The molecule has 2 aromatic rings. The highest BCUT2D eigenvalue weighted by Gasteiger charge is 2.16. The van der Waals surface area contributed by atoms with Crippen LogP contribution in [0.3, 0.4) is 0 Å². The van der Waals surface area contributed by atoms with Crippen LogP contribution in [0.15, 0.2) is 66.8 Å². The van der Waals surface area contributed by atoms with E-state index >= 15 is 0 Å². The molecule has 0 aliphatic carbocycles. The molecule has 27 heavy (non-hydrogen) atoms. The monoisotopic (exact) mass is 361 g/mol. The Bertz CT molecular complexity index is 968. The standard InChI is InChI=1S/C21H15NO5/c1-3-20(24)26-18-10-9-15(11-16(13-22)14(2)23)19(12-18)21(25)27-17-7-5-4-6-8-17/h3-12H,1H2,2H3. The van der Waals surface area contributed by atoms with Crippen molar-refractivity contribution in [2.24, 2.45) is 0 Å². The number of benzene rings is 2. The highest BCUT2D eigenvalue weighted by atomic mass is 16.5. The van der Waals surface area contributed by atoms with Crippen LogP contribution >= 0.6 is 0 Å². The minimum atomic E-state index is -0.732. The van der Waals surface area contributed by atoms with E-state index in [2.05, 4.69) is 6.58 Å². The Hall–Kier alpha value is -3.98. The van der Waals surface area contributed by atoms with Gasteiger partial charge in [0, 0.05) is 6.08 Å². The molecule has 0 aliphatic heterocycles. The predicted octanol–water partition coefficient (Wildman–Crippen LogP) is 3.49. The maximum Gasteiger partial charge on any atom is 0.344 e. The molecule has 0 fully saturated rings. The number of allylic oxidation sites excluding steroid dienone is 1. The number of ether oxygens (including phenoxy) is 2. The molecule has 0 heterocycles. The molecule has 0 aliphatic rings. The Balaban J connectivity index is 2.48. The van der Waals surface area contributed by atoms with Gasteiger partial charge in [-0.25, -0.2) is 9.59 Å². The maximum absolute atomic E-state index is 12.6. The number of ketones is 1. The van der Waals surface area contributed by atoms with Gasteiger partial charge in [0.15, 0.2) is 5.78 Å². The van der Waals surface area contributed by atoms with Crippen molar-refractivity contribution in [3.8, 4) is 17.6 Å². The molecular formula is C21H15NO5. The summed E-state index contributed by atoms with van der Waals surface area (Å²) >= 11 is 0. The first-order valence-electron chi connectivity index (χ1n) is 7.83. The van der Waals surface area contributed by atoms with E-state index in [9.17, 15) is 14.4 Å². The van der Waals surface area contributed by atoms with Crippen molar-refractivity contribution < 1.29 is 23.9 Å². The van der Waals surface area contributed by atoms with Gasteiger partial charge >= 0.3 is 11.9 Å². The summed E-state index contributed by atoms with van der Waals surface area (Å²) in [5.41, 5.74) is 0.183. The van der Waals surface area contributed by atoms with Gasteiger partial charge in [0.1, 0.15) is 17.6 Å². The van der Waals surface area contributed by atoms with Gasteiger partial charge in [-0.15, -0.1) is 0 Å². The van der Waals surface area contributed by atoms with Gasteiger partial charge < -0.3 is 9.47 Å². The van der Waals surface area contributed by atoms with Crippen LogP contribution in [0.4, 0.5) is 0 Å². The number of rotatable bonds is 6. The summed E-state index contributed by atoms with van der Waals surface area (Å²) in [5, 5.41) is 9.09. The van der Waals surface area contributed by atoms with Crippen LogP contribution < -0.4 is 9.47 Å². The number of nitrogens with zero attached hydrogens (tertiary/aromatic N) is 1. The lowest BCUT2D eigenvalue weighted by Gasteiger charge is -2.10. The zero-order chi connectivity index (χ0) is 19.8. The molecule has 0 aromatic heterocycles. The lowest BCUT2D eigenvalue weighted by atomic mass is 10.0. The lowest BCUT2D eigenvalue weighted by molar-refractivity contribution is -0.129. The van der Waals surface area contributed by atoms with E-state index in [1.54, 1.807) is 36.4 Å². The SMILES string of the molecule is C=CC(=O)Oc1ccc(C=C(C#N)C(C)=O)c(C(=O)Oc2ccccc2)c1. The molecule has 134 valence electrons. The zero-order valence-corrected chi connectivity index (χ0v) is 14.5. The second-order valence-corrected chi connectivity index (χ2v) is 5.30. The average molecular weight is 361 g/mol. The van der Waals surface area contributed by atoms with Gasteiger partial charge in [0.2, 0.25) is 0 Å². The number of nitriles is 1. The fourth-order valence-corrected chi connectivity index (χ4v) is 2.08. The third kappa shape index (κ3) is 5.25. The molecule has 0 amide bonds. The lowest BCUT2D eigenvalue weighted by Crippen LogP contribution is -2.12. The number of para-hydroxylation sites is 1. The Morgan fingerprint density at radius 1 is 1.04 bits per heavy atom. The average Bonchev–Trinajstić information content (AvgIpc) is 2.67. The van der Waals surface area contributed by atoms with Crippen molar-refractivity contribution in [3.05, 3.63) is 77.9 Å². The van der Waals surface area contributed by atoms with Crippen LogP contribution in [0.5, 0.6) is 11.5 Å². The molecule has 0 spiro atoms.